The monoisotopic (exact) mass is 720 g/mol. The van der Waals surface area contributed by atoms with E-state index < -0.39 is 0 Å². The number of hydrogen-bond acceptors (Lipinski definition) is 8. The predicted octanol–water partition coefficient (Wildman–Crippen LogP) is 11.0. The maximum Gasteiger partial charge on any atom is 0.135 e. The van der Waals surface area contributed by atoms with Crippen molar-refractivity contribution in [2.24, 2.45) is 0 Å². The molecule has 6 aromatic heterocycles. The van der Waals surface area contributed by atoms with Crippen molar-refractivity contribution in [1.29, 1.82) is 0 Å². The lowest BCUT2D eigenvalue weighted by Crippen LogP contribution is -1.75. The maximum absolute atomic E-state index is 5.31. The smallest absolute Gasteiger partial charge is 0.135 e. The second kappa shape index (κ2) is 13.3. The van der Waals surface area contributed by atoms with Crippen molar-refractivity contribution in [3.63, 3.8) is 0 Å². The van der Waals surface area contributed by atoms with Crippen molar-refractivity contribution in [3.8, 4) is 111 Å². The summed E-state index contributed by atoms with van der Waals surface area (Å²) in [6.07, 6.45) is 10.6. The predicted molar refractivity (Wildman–Crippen MR) is 212 cm³/mol. The normalized spacial score (nSPS) is 10.2. The molecule has 0 aliphatic heterocycles. The van der Waals surface area contributed by atoms with Crippen molar-refractivity contribution in [2.45, 2.75) is 27.7 Å². The first-order chi connectivity index (χ1) is 23.3. The summed E-state index contributed by atoms with van der Waals surface area (Å²) in [6, 6.07) is 13.0. The fourth-order valence-corrected chi connectivity index (χ4v) is 11.9. The van der Waals surface area contributed by atoms with Crippen molar-refractivity contribution in [1.82, 2.24) is 9.97 Å². The van der Waals surface area contributed by atoms with Gasteiger partial charge in [-0.15, -0.1) is 80.9 Å². The van der Waals surface area contributed by atoms with Gasteiger partial charge in [0.15, 0.2) is 0 Å². The number of aryl methyl sites for hydroxylation is 4. The molecule has 0 saturated heterocycles. The number of aromatic nitrogens is 2. The van der Waals surface area contributed by atoms with E-state index in [2.05, 4.69) is 123 Å². The first-order valence-corrected chi connectivity index (χ1v) is 19.3. The van der Waals surface area contributed by atoms with Crippen LogP contribution in [-0.2, 0) is 0 Å². The Morgan fingerprint density at radius 3 is 1.60 bits per heavy atom. The van der Waals surface area contributed by atoms with Gasteiger partial charge in [0, 0.05) is 35.5 Å². The molecule has 0 spiro atoms. The summed E-state index contributed by atoms with van der Waals surface area (Å²) in [5.74, 6) is 27.3. The molecule has 0 fully saturated rings. The van der Waals surface area contributed by atoms with E-state index in [0.29, 0.717) is 0 Å². The number of fused-ring (bicyclic) bond motifs is 2. The average molecular weight is 721 g/mol. The third-order valence-electron chi connectivity index (χ3n) is 7.07. The molecule has 48 heavy (non-hydrogen) atoms. The number of thiazole rings is 2. The largest absolute Gasteiger partial charge is 0.235 e. The Bertz CT molecular complexity index is 2720. The minimum Gasteiger partial charge on any atom is -0.235 e. The Morgan fingerprint density at radius 2 is 1.00 bits per heavy atom. The highest BCUT2D eigenvalue weighted by Crippen LogP contribution is 2.46. The molecule has 0 aliphatic rings. The van der Waals surface area contributed by atoms with Gasteiger partial charge in [0.2, 0.25) is 0 Å². The first-order valence-electron chi connectivity index (χ1n) is 14.4. The Hall–Kier alpha value is -4.84. The van der Waals surface area contributed by atoms with Crippen LogP contribution in [0.4, 0.5) is 0 Å². The molecular weight excluding hydrogens is 701 g/mol. The van der Waals surface area contributed by atoms with Gasteiger partial charge < -0.3 is 0 Å². The SMILES string of the molecule is C#CC#CC#Cc1cc(C)sc1-c1cc(C#CC#CC#C)c(-c2nc3cc4sc(-c5sc(-c6sc(C)cc6C)cc5C)nc4cc3s2)s1. The fraction of sp³-hybridized carbons (Fsp3) is 0.100. The third kappa shape index (κ3) is 6.24. The highest BCUT2D eigenvalue weighted by atomic mass is 32.1. The Kier molecular flexibility index (Phi) is 8.83. The summed E-state index contributed by atoms with van der Waals surface area (Å²) >= 11 is 10.4. The van der Waals surface area contributed by atoms with Crippen molar-refractivity contribution < 1.29 is 0 Å². The molecule has 0 aliphatic carbocycles. The minimum atomic E-state index is 0.847. The van der Waals surface area contributed by atoms with Gasteiger partial charge >= 0.3 is 0 Å². The van der Waals surface area contributed by atoms with E-state index in [-0.39, 0.29) is 0 Å². The molecule has 0 atom stereocenters. The van der Waals surface area contributed by atoms with Gasteiger partial charge in [-0.1, -0.05) is 11.8 Å². The van der Waals surface area contributed by atoms with E-state index in [9.17, 15) is 0 Å². The van der Waals surface area contributed by atoms with Crippen LogP contribution in [0.15, 0.2) is 36.4 Å². The molecule has 0 bridgehead atoms. The summed E-state index contributed by atoms with van der Waals surface area (Å²) in [7, 11) is 0. The number of nitrogens with zero attached hydrogens (tertiary/aromatic N) is 2. The van der Waals surface area contributed by atoms with Gasteiger partial charge in [-0.2, -0.15) is 0 Å². The van der Waals surface area contributed by atoms with E-state index in [1.54, 1.807) is 45.3 Å². The van der Waals surface area contributed by atoms with Crippen LogP contribution >= 0.6 is 68.0 Å². The Labute approximate surface area is 303 Å². The third-order valence-corrected chi connectivity index (χ3v) is 14.3. The number of hydrogen-bond donors (Lipinski definition) is 0. The number of terminal acetylenes is 2. The highest BCUT2D eigenvalue weighted by Gasteiger charge is 2.20. The van der Waals surface area contributed by atoms with Gasteiger partial charge in [-0.3, -0.25) is 0 Å². The zero-order valence-corrected chi connectivity index (χ0v) is 30.9. The van der Waals surface area contributed by atoms with E-state index >= 15 is 0 Å². The van der Waals surface area contributed by atoms with Gasteiger partial charge in [0.05, 0.1) is 35.1 Å². The molecule has 1 aromatic carbocycles. The van der Waals surface area contributed by atoms with Crippen molar-refractivity contribution in [3.05, 3.63) is 68.4 Å². The van der Waals surface area contributed by atoms with Crippen LogP contribution in [0.25, 0.3) is 59.7 Å². The minimum absolute atomic E-state index is 0.847. The van der Waals surface area contributed by atoms with E-state index in [1.165, 1.54) is 30.6 Å². The average Bonchev–Trinajstić information content (AvgIpc) is 3.90. The van der Waals surface area contributed by atoms with E-state index in [4.69, 9.17) is 22.8 Å². The summed E-state index contributed by atoms with van der Waals surface area (Å²) in [5.41, 5.74) is 6.26. The molecule has 0 N–H and O–H groups in total. The molecule has 6 heterocycles. The lowest BCUT2D eigenvalue weighted by molar-refractivity contribution is 1.46. The summed E-state index contributed by atoms with van der Waals surface area (Å²) < 4.78 is 2.20. The van der Waals surface area contributed by atoms with E-state index in [1.807, 2.05) is 22.7 Å². The molecule has 0 radical (unpaired) electrons. The number of rotatable bonds is 4. The number of thiophene rings is 4. The standard InChI is InChI=1S/C40H20N2S6/c1-7-9-11-13-15-27-19-26(6)44-37(27)34-20-28(16-14-12-10-8-2)38(46-34)40-42-30-22-31-29(21-32(30)48-40)41-39(47-31)36-24(4)18-33(45-36)35-23(3)17-25(5)43-35/h1-2,17-22H,3-6H3. The van der Waals surface area contributed by atoms with Crippen molar-refractivity contribution >= 4 is 88.5 Å². The molecule has 8 heteroatoms. The van der Waals surface area contributed by atoms with Crippen LogP contribution in [-0.4, -0.2) is 9.97 Å². The van der Waals surface area contributed by atoms with Crippen molar-refractivity contribution in [2.75, 3.05) is 0 Å². The lowest BCUT2D eigenvalue weighted by atomic mass is 10.2. The molecule has 226 valence electrons. The van der Waals surface area contributed by atoms with Crippen LogP contribution in [0.5, 0.6) is 0 Å². The molecule has 2 nitrogen and oxygen atoms in total. The zero-order valence-electron chi connectivity index (χ0n) is 26.0. The summed E-state index contributed by atoms with van der Waals surface area (Å²) in [5, 5.41) is 1.95. The molecular formula is C40H20N2S6. The molecule has 0 unspecified atom stereocenters. The van der Waals surface area contributed by atoms with Crippen LogP contribution in [0.2, 0.25) is 0 Å². The van der Waals surface area contributed by atoms with Crippen LogP contribution in [0, 0.1) is 99.7 Å². The van der Waals surface area contributed by atoms with Crippen LogP contribution in [0.1, 0.15) is 32.0 Å². The van der Waals surface area contributed by atoms with Crippen LogP contribution in [0.3, 0.4) is 0 Å². The first kappa shape index (κ1) is 31.7. The van der Waals surface area contributed by atoms with Gasteiger partial charge in [0.1, 0.15) is 10.0 Å². The quantitative estimate of drug-likeness (QED) is 0.169. The second-order valence-electron chi connectivity index (χ2n) is 10.6. The molecule has 7 rings (SSSR count). The Morgan fingerprint density at radius 1 is 0.479 bits per heavy atom. The summed E-state index contributed by atoms with van der Waals surface area (Å²) in [6.45, 7) is 8.60. The maximum atomic E-state index is 5.31. The van der Waals surface area contributed by atoms with Gasteiger partial charge in [0.25, 0.3) is 0 Å². The number of benzene rings is 1. The van der Waals surface area contributed by atoms with Gasteiger partial charge in [-0.05, 0) is 123 Å². The zero-order chi connectivity index (χ0) is 33.4. The molecule has 7 aromatic rings. The Balaban J connectivity index is 1.28. The summed E-state index contributed by atoms with van der Waals surface area (Å²) in [4.78, 5) is 19.7. The molecule has 0 saturated carbocycles. The molecule has 0 amide bonds. The highest BCUT2D eigenvalue weighted by molar-refractivity contribution is 7.29. The second-order valence-corrected chi connectivity index (χ2v) is 17.2. The van der Waals surface area contributed by atoms with Gasteiger partial charge in [-0.25, -0.2) is 9.97 Å². The lowest BCUT2D eigenvalue weighted by Gasteiger charge is -1.93. The van der Waals surface area contributed by atoms with E-state index in [0.717, 1.165) is 61.1 Å². The van der Waals surface area contributed by atoms with Crippen LogP contribution < -0.4 is 0 Å². The topological polar surface area (TPSA) is 25.8 Å². The fourth-order valence-electron chi connectivity index (χ4n) is 5.11.